The number of ketones is 1. The van der Waals surface area contributed by atoms with Crippen LogP contribution in [0.25, 0.3) is 0 Å². The van der Waals surface area contributed by atoms with Gasteiger partial charge in [0.2, 0.25) is 0 Å². The predicted molar refractivity (Wildman–Crippen MR) is 59.8 cm³/mol. The molecule has 1 aromatic rings. The minimum atomic E-state index is -0.637. The first-order valence-electron chi connectivity index (χ1n) is 4.81. The molecular weight excluding hydrogens is 188 g/mol. The van der Waals surface area contributed by atoms with Crippen molar-refractivity contribution in [2.45, 2.75) is 13.8 Å². The SMILES string of the molecule is CC(C)(/C=C/C=O)C(=O)c1ccccc1. The molecule has 0 fully saturated rings. The van der Waals surface area contributed by atoms with Crippen LogP contribution in [0.2, 0.25) is 0 Å². The fourth-order valence-electron chi connectivity index (χ4n) is 1.32. The van der Waals surface area contributed by atoms with Crippen molar-refractivity contribution in [3.8, 4) is 0 Å². The fraction of sp³-hybridized carbons (Fsp3) is 0.231. The molecule has 0 aliphatic heterocycles. The summed E-state index contributed by atoms with van der Waals surface area (Å²) < 4.78 is 0. The van der Waals surface area contributed by atoms with Gasteiger partial charge in [0.25, 0.3) is 0 Å². The van der Waals surface area contributed by atoms with Crippen LogP contribution in [0.15, 0.2) is 42.5 Å². The van der Waals surface area contributed by atoms with Crippen LogP contribution >= 0.6 is 0 Å². The fourth-order valence-corrected chi connectivity index (χ4v) is 1.32. The van der Waals surface area contributed by atoms with E-state index in [1.807, 2.05) is 18.2 Å². The molecule has 0 unspecified atom stereocenters. The Morgan fingerprint density at radius 3 is 2.33 bits per heavy atom. The van der Waals surface area contributed by atoms with Crippen LogP contribution in [0.3, 0.4) is 0 Å². The van der Waals surface area contributed by atoms with E-state index in [4.69, 9.17) is 0 Å². The van der Waals surface area contributed by atoms with Gasteiger partial charge < -0.3 is 0 Å². The number of benzene rings is 1. The normalized spacial score (nSPS) is 11.6. The Bertz CT molecular complexity index is 375. The largest absolute Gasteiger partial charge is 0.299 e. The van der Waals surface area contributed by atoms with Gasteiger partial charge in [-0.25, -0.2) is 0 Å². The van der Waals surface area contributed by atoms with Gasteiger partial charge in [-0.2, -0.15) is 0 Å². The van der Waals surface area contributed by atoms with Gasteiger partial charge in [-0.05, 0) is 19.9 Å². The number of Topliss-reactive ketones (excluding diaryl/α,β-unsaturated/α-hetero) is 1. The highest BCUT2D eigenvalue weighted by Crippen LogP contribution is 2.23. The van der Waals surface area contributed by atoms with E-state index in [-0.39, 0.29) is 5.78 Å². The Kier molecular flexibility index (Phi) is 3.56. The average molecular weight is 202 g/mol. The second-order valence-corrected chi connectivity index (χ2v) is 3.91. The van der Waals surface area contributed by atoms with Gasteiger partial charge in [0, 0.05) is 11.0 Å². The molecule has 0 atom stereocenters. The third-order valence-corrected chi connectivity index (χ3v) is 2.21. The molecule has 78 valence electrons. The second-order valence-electron chi connectivity index (χ2n) is 3.91. The van der Waals surface area contributed by atoms with Gasteiger partial charge in [-0.3, -0.25) is 9.59 Å². The molecule has 0 saturated heterocycles. The highest BCUT2D eigenvalue weighted by Gasteiger charge is 2.25. The average Bonchev–Trinajstić information content (AvgIpc) is 2.26. The second kappa shape index (κ2) is 4.69. The lowest BCUT2D eigenvalue weighted by Crippen LogP contribution is -2.21. The maximum Gasteiger partial charge on any atom is 0.172 e. The number of hydrogen-bond donors (Lipinski definition) is 0. The molecule has 0 bridgehead atoms. The van der Waals surface area contributed by atoms with Crippen molar-refractivity contribution in [3.05, 3.63) is 48.0 Å². The maximum atomic E-state index is 12.0. The first kappa shape index (κ1) is 11.4. The van der Waals surface area contributed by atoms with Gasteiger partial charge in [0.1, 0.15) is 6.29 Å². The third kappa shape index (κ3) is 2.88. The van der Waals surface area contributed by atoms with Crippen molar-refractivity contribution in [1.29, 1.82) is 0 Å². The Morgan fingerprint density at radius 2 is 1.80 bits per heavy atom. The van der Waals surface area contributed by atoms with Crippen molar-refractivity contribution in [2.75, 3.05) is 0 Å². The number of allylic oxidation sites excluding steroid dienone is 2. The molecular formula is C13H14O2. The molecule has 0 aromatic heterocycles. The van der Waals surface area contributed by atoms with E-state index in [0.29, 0.717) is 11.8 Å². The molecule has 0 saturated carbocycles. The van der Waals surface area contributed by atoms with E-state index in [9.17, 15) is 9.59 Å². The number of carbonyl (C=O) groups excluding carboxylic acids is 2. The predicted octanol–water partition coefficient (Wildman–Crippen LogP) is 2.65. The van der Waals surface area contributed by atoms with Crippen molar-refractivity contribution < 1.29 is 9.59 Å². The van der Waals surface area contributed by atoms with Crippen LogP contribution in [0.4, 0.5) is 0 Å². The van der Waals surface area contributed by atoms with Crippen LogP contribution in [-0.2, 0) is 4.79 Å². The number of hydrogen-bond acceptors (Lipinski definition) is 2. The first-order valence-corrected chi connectivity index (χ1v) is 4.81. The molecule has 0 spiro atoms. The van der Waals surface area contributed by atoms with Gasteiger partial charge in [-0.15, -0.1) is 0 Å². The molecule has 0 heterocycles. The van der Waals surface area contributed by atoms with Gasteiger partial charge in [0.05, 0.1) is 0 Å². The van der Waals surface area contributed by atoms with Gasteiger partial charge >= 0.3 is 0 Å². The lowest BCUT2D eigenvalue weighted by Gasteiger charge is -2.18. The molecule has 1 aromatic carbocycles. The lowest BCUT2D eigenvalue weighted by atomic mass is 9.84. The smallest absolute Gasteiger partial charge is 0.172 e. The van der Waals surface area contributed by atoms with Gasteiger partial charge in [-0.1, -0.05) is 36.4 Å². The maximum absolute atomic E-state index is 12.0. The monoisotopic (exact) mass is 202 g/mol. The van der Waals surface area contributed by atoms with Crippen LogP contribution in [0, 0.1) is 5.41 Å². The minimum Gasteiger partial charge on any atom is -0.299 e. The quantitative estimate of drug-likeness (QED) is 0.427. The van der Waals surface area contributed by atoms with Crippen molar-refractivity contribution >= 4 is 12.1 Å². The minimum absolute atomic E-state index is 0.0150. The van der Waals surface area contributed by atoms with E-state index in [1.54, 1.807) is 32.1 Å². The summed E-state index contributed by atoms with van der Waals surface area (Å²) in [4.78, 5) is 22.2. The molecule has 0 aliphatic rings. The molecule has 15 heavy (non-hydrogen) atoms. The number of aldehydes is 1. The number of rotatable bonds is 4. The zero-order valence-electron chi connectivity index (χ0n) is 8.94. The van der Waals surface area contributed by atoms with Crippen LogP contribution in [0.1, 0.15) is 24.2 Å². The Balaban J connectivity index is 2.94. The Morgan fingerprint density at radius 1 is 1.20 bits per heavy atom. The van der Waals surface area contributed by atoms with E-state index < -0.39 is 5.41 Å². The summed E-state index contributed by atoms with van der Waals surface area (Å²) in [7, 11) is 0. The Labute approximate surface area is 89.6 Å². The molecule has 2 nitrogen and oxygen atoms in total. The molecule has 0 radical (unpaired) electrons. The summed E-state index contributed by atoms with van der Waals surface area (Å²) in [5, 5.41) is 0. The van der Waals surface area contributed by atoms with E-state index >= 15 is 0 Å². The zero-order valence-corrected chi connectivity index (χ0v) is 8.94. The van der Waals surface area contributed by atoms with Crippen molar-refractivity contribution in [1.82, 2.24) is 0 Å². The van der Waals surface area contributed by atoms with E-state index in [0.717, 1.165) is 0 Å². The van der Waals surface area contributed by atoms with Crippen molar-refractivity contribution in [2.24, 2.45) is 5.41 Å². The zero-order chi connectivity index (χ0) is 11.3. The topological polar surface area (TPSA) is 34.1 Å². The summed E-state index contributed by atoms with van der Waals surface area (Å²) in [5.74, 6) is 0.0150. The summed E-state index contributed by atoms with van der Waals surface area (Å²) >= 11 is 0. The summed E-state index contributed by atoms with van der Waals surface area (Å²) in [5.41, 5.74) is 0.0282. The third-order valence-electron chi connectivity index (χ3n) is 2.21. The standard InChI is InChI=1S/C13H14O2/c1-13(2,9-6-10-14)12(15)11-7-4-3-5-8-11/h3-10H,1-2H3/b9-6+. The van der Waals surface area contributed by atoms with E-state index in [2.05, 4.69) is 0 Å². The van der Waals surface area contributed by atoms with Crippen LogP contribution in [0.5, 0.6) is 0 Å². The highest BCUT2D eigenvalue weighted by molar-refractivity contribution is 6.01. The van der Waals surface area contributed by atoms with Crippen molar-refractivity contribution in [3.63, 3.8) is 0 Å². The summed E-state index contributed by atoms with van der Waals surface area (Å²) in [6, 6.07) is 9.07. The summed E-state index contributed by atoms with van der Waals surface area (Å²) in [6.45, 7) is 3.59. The van der Waals surface area contributed by atoms with Crippen LogP contribution < -0.4 is 0 Å². The van der Waals surface area contributed by atoms with Gasteiger partial charge in [0.15, 0.2) is 5.78 Å². The molecule has 0 aliphatic carbocycles. The first-order chi connectivity index (χ1) is 7.08. The molecule has 2 heteroatoms. The molecule has 0 amide bonds. The lowest BCUT2D eigenvalue weighted by molar-refractivity contribution is -0.104. The molecule has 0 N–H and O–H groups in total. The highest BCUT2D eigenvalue weighted by atomic mass is 16.1. The van der Waals surface area contributed by atoms with Crippen LogP contribution in [-0.4, -0.2) is 12.1 Å². The Hall–Kier alpha value is -1.70. The summed E-state index contributed by atoms with van der Waals surface area (Å²) in [6.07, 6.45) is 3.66. The molecule has 1 rings (SSSR count). The number of carbonyl (C=O) groups is 2. The van der Waals surface area contributed by atoms with E-state index in [1.165, 1.54) is 6.08 Å².